The minimum absolute atomic E-state index is 0.0220. The number of benzene rings is 4. The predicted octanol–water partition coefficient (Wildman–Crippen LogP) is 7.62. The Labute approximate surface area is 298 Å². The minimum atomic E-state index is -0.252. The number of fused-ring (bicyclic) bond motifs is 1. The highest BCUT2D eigenvalue weighted by Crippen LogP contribution is 2.32. The summed E-state index contributed by atoms with van der Waals surface area (Å²) in [7, 11) is 0. The van der Waals surface area contributed by atoms with Crippen molar-refractivity contribution in [2.75, 3.05) is 37.6 Å². The van der Waals surface area contributed by atoms with Crippen LogP contribution in [0.1, 0.15) is 37.0 Å². The van der Waals surface area contributed by atoms with Crippen LogP contribution >= 0.6 is 11.8 Å². The fourth-order valence-electron chi connectivity index (χ4n) is 5.73. The summed E-state index contributed by atoms with van der Waals surface area (Å²) in [4.78, 5) is 24.8. The van der Waals surface area contributed by atoms with E-state index in [1.165, 1.54) is 12.1 Å². The molecule has 260 valence electrons. The van der Waals surface area contributed by atoms with Gasteiger partial charge in [-0.2, -0.15) is 0 Å². The maximum Gasteiger partial charge on any atom is 0.254 e. The quantitative estimate of drug-likeness (QED) is 0.131. The lowest BCUT2D eigenvalue weighted by Gasteiger charge is -2.36. The predicted molar refractivity (Wildman–Crippen MR) is 204 cm³/mol. The molecule has 1 amide bonds. The van der Waals surface area contributed by atoms with Crippen LogP contribution in [0.25, 0.3) is 22.4 Å². The highest BCUT2D eigenvalue weighted by atomic mass is 32.2. The number of nitrogens with one attached hydrogen (secondary N) is 1. The lowest BCUT2D eigenvalue weighted by molar-refractivity contribution is 0.0747. The highest BCUT2D eigenvalue weighted by molar-refractivity contribution is 7.99. The minimum Gasteiger partial charge on any atom is -0.401 e. The van der Waals surface area contributed by atoms with Gasteiger partial charge in [-0.15, -0.1) is 0 Å². The van der Waals surface area contributed by atoms with Crippen LogP contribution < -0.4 is 21.7 Å². The summed E-state index contributed by atoms with van der Waals surface area (Å²) in [5.41, 5.74) is 16.3. The lowest BCUT2D eigenvalue weighted by Crippen LogP contribution is -2.48. The molecule has 0 saturated carbocycles. The third kappa shape index (κ3) is 9.47. The molecule has 1 aliphatic heterocycles. The molecule has 0 unspecified atom stereocenters. The third-order valence-corrected chi connectivity index (χ3v) is 9.19. The summed E-state index contributed by atoms with van der Waals surface area (Å²) in [6, 6.07) is 30.7. The number of allylic oxidation sites excluding steroid dienone is 2. The molecule has 6 rings (SSSR count). The molecule has 8 nitrogen and oxygen atoms in total. The van der Waals surface area contributed by atoms with Gasteiger partial charge in [0.25, 0.3) is 5.91 Å². The molecule has 10 heteroatoms. The molecule has 1 fully saturated rings. The van der Waals surface area contributed by atoms with Gasteiger partial charge in [0.15, 0.2) is 0 Å². The van der Waals surface area contributed by atoms with E-state index in [4.69, 9.17) is 16.5 Å². The Balaban J connectivity index is 0.000000478. The number of amides is 1. The van der Waals surface area contributed by atoms with Crippen molar-refractivity contribution < 1.29 is 9.18 Å². The first-order valence-electron chi connectivity index (χ1n) is 17.0. The second-order valence-corrected chi connectivity index (χ2v) is 13.2. The number of piperazine rings is 1. The number of carbonyl (C=O) groups is 1. The normalized spacial score (nSPS) is 13.1. The van der Waals surface area contributed by atoms with Crippen molar-refractivity contribution in [1.82, 2.24) is 19.8 Å². The standard InChI is InChI=1S/C33H30FN5OS.C7H16N2/c1-23(35)22-39-31-15-10-25(33(40)38-18-16-37(17-19-38)27-13-11-26(34)12-14-27)21-30(31)36-32(39)24-6-5-9-29(20-24)41-28-7-3-2-4-8-28;1-3-5-7(8)9-6-4-2/h2-15,20-21H,1,16-19,22,35H2;5,9H,3-4,6,8H2,1-2H3. The number of halogens is 1. The van der Waals surface area contributed by atoms with E-state index in [-0.39, 0.29) is 11.7 Å². The maximum atomic E-state index is 13.5. The molecule has 5 N–H and O–H groups in total. The zero-order valence-corrected chi connectivity index (χ0v) is 29.6. The van der Waals surface area contributed by atoms with Crippen molar-refractivity contribution in [2.45, 2.75) is 43.0 Å². The van der Waals surface area contributed by atoms with Crippen LogP contribution in [0.5, 0.6) is 0 Å². The zero-order valence-electron chi connectivity index (χ0n) is 28.8. The van der Waals surface area contributed by atoms with Crippen LogP contribution in [0.2, 0.25) is 0 Å². The molecule has 1 saturated heterocycles. The summed E-state index contributed by atoms with van der Waals surface area (Å²) in [6.07, 6.45) is 4.11. The van der Waals surface area contributed by atoms with Gasteiger partial charge in [0.2, 0.25) is 0 Å². The first-order chi connectivity index (χ1) is 24.2. The highest BCUT2D eigenvalue weighted by Gasteiger charge is 2.24. The van der Waals surface area contributed by atoms with Gasteiger partial charge in [0.1, 0.15) is 11.6 Å². The number of imidazole rings is 1. The molecule has 0 bridgehead atoms. The van der Waals surface area contributed by atoms with Gasteiger partial charge in [-0.3, -0.25) is 4.79 Å². The molecule has 50 heavy (non-hydrogen) atoms. The van der Waals surface area contributed by atoms with Gasteiger partial charge in [-0.1, -0.05) is 62.5 Å². The second-order valence-electron chi connectivity index (χ2n) is 12.1. The molecule has 1 aromatic heterocycles. The Hall–Kier alpha value is -5.22. The van der Waals surface area contributed by atoms with Gasteiger partial charge < -0.3 is 31.2 Å². The molecule has 0 aliphatic carbocycles. The number of carbonyl (C=O) groups excluding carboxylic acids is 1. The van der Waals surface area contributed by atoms with E-state index in [1.807, 2.05) is 59.5 Å². The van der Waals surface area contributed by atoms with Crippen LogP contribution in [0.15, 0.2) is 131 Å². The fraction of sp³-hybridized carbons (Fsp3) is 0.250. The number of hydrogen-bond acceptors (Lipinski definition) is 7. The molecule has 0 radical (unpaired) electrons. The average Bonchev–Trinajstić information content (AvgIpc) is 3.48. The molecule has 1 aliphatic rings. The van der Waals surface area contributed by atoms with E-state index in [9.17, 15) is 9.18 Å². The first-order valence-corrected chi connectivity index (χ1v) is 17.8. The Bertz CT molecular complexity index is 1920. The molecule has 2 heterocycles. The topological polar surface area (TPSA) is 105 Å². The van der Waals surface area contributed by atoms with Crippen molar-refractivity contribution >= 4 is 34.4 Å². The lowest BCUT2D eigenvalue weighted by atomic mass is 10.1. The van der Waals surface area contributed by atoms with Crippen LogP contribution in [0.3, 0.4) is 0 Å². The first kappa shape index (κ1) is 36.1. The summed E-state index contributed by atoms with van der Waals surface area (Å²) in [5.74, 6) is 1.31. The fourth-order valence-corrected chi connectivity index (χ4v) is 6.63. The molecular weight excluding hydrogens is 646 g/mol. The molecule has 5 aromatic rings. The summed E-state index contributed by atoms with van der Waals surface area (Å²) in [5, 5.41) is 3.07. The third-order valence-electron chi connectivity index (χ3n) is 8.19. The van der Waals surface area contributed by atoms with Gasteiger partial charge in [-0.05, 0) is 85.6 Å². The number of anilines is 1. The number of nitrogens with zero attached hydrogens (tertiary/aromatic N) is 4. The largest absolute Gasteiger partial charge is 0.401 e. The van der Waals surface area contributed by atoms with Gasteiger partial charge in [0.05, 0.1) is 23.4 Å². The van der Waals surface area contributed by atoms with Crippen molar-refractivity contribution in [3.63, 3.8) is 0 Å². The van der Waals surface area contributed by atoms with Gasteiger partial charge in [0, 0.05) is 65.0 Å². The van der Waals surface area contributed by atoms with E-state index >= 15 is 0 Å². The summed E-state index contributed by atoms with van der Waals surface area (Å²) < 4.78 is 15.4. The Morgan fingerprint density at radius 1 is 0.920 bits per heavy atom. The van der Waals surface area contributed by atoms with Crippen LogP contribution in [0, 0.1) is 5.82 Å². The Kier molecular flexibility index (Phi) is 12.6. The molecule has 4 aromatic carbocycles. The SMILES string of the molecule is C=C(N)Cn1c(-c2cccc(Sc3ccccc3)c2)nc2cc(C(=O)N3CCN(c4ccc(F)cc4)CC3)ccc21.CCC=C(N)NCCC. The molecule has 0 atom stereocenters. The van der Waals surface area contributed by atoms with Gasteiger partial charge in [-0.25, -0.2) is 9.37 Å². The Morgan fingerprint density at radius 2 is 1.64 bits per heavy atom. The smallest absolute Gasteiger partial charge is 0.254 e. The Morgan fingerprint density at radius 3 is 2.32 bits per heavy atom. The monoisotopic (exact) mass is 691 g/mol. The summed E-state index contributed by atoms with van der Waals surface area (Å²) in [6.45, 7) is 12.1. The van der Waals surface area contributed by atoms with Crippen molar-refractivity contribution in [1.29, 1.82) is 0 Å². The number of rotatable bonds is 11. The van der Waals surface area contributed by atoms with Crippen LogP contribution in [-0.4, -0.2) is 53.1 Å². The average molecular weight is 692 g/mol. The van der Waals surface area contributed by atoms with E-state index < -0.39 is 0 Å². The van der Waals surface area contributed by atoms with E-state index in [1.54, 1.807) is 23.9 Å². The van der Waals surface area contributed by atoms with E-state index in [2.05, 4.69) is 59.5 Å². The molecular formula is C40H46FN7OS. The van der Waals surface area contributed by atoms with E-state index in [0.29, 0.717) is 44.0 Å². The van der Waals surface area contributed by atoms with Crippen molar-refractivity contribution in [3.05, 3.63) is 133 Å². The van der Waals surface area contributed by atoms with Crippen LogP contribution in [0.4, 0.5) is 10.1 Å². The number of nitrogens with two attached hydrogens (primary N) is 2. The number of aromatic nitrogens is 2. The zero-order chi connectivity index (χ0) is 35.5. The molecule has 0 spiro atoms. The van der Waals surface area contributed by atoms with Crippen LogP contribution in [-0.2, 0) is 6.54 Å². The summed E-state index contributed by atoms with van der Waals surface area (Å²) >= 11 is 1.69. The van der Waals surface area contributed by atoms with Crippen molar-refractivity contribution in [2.24, 2.45) is 11.5 Å². The number of hydrogen-bond donors (Lipinski definition) is 3. The maximum absolute atomic E-state index is 13.5. The van der Waals surface area contributed by atoms with E-state index in [0.717, 1.165) is 63.1 Å². The second kappa shape index (κ2) is 17.4. The van der Waals surface area contributed by atoms with Gasteiger partial charge >= 0.3 is 0 Å². The van der Waals surface area contributed by atoms with Crippen molar-refractivity contribution in [3.8, 4) is 11.4 Å².